The van der Waals surface area contributed by atoms with Gasteiger partial charge in [-0.25, -0.2) is 0 Å². The van der Waals surface area contributed by atoms with Crippen molar-refractivity contribution in [1.29, 1.82) is 0 Å². The molecule has 1 N–H and O–H groups in total. The molecule has 0 spiro atoms. The summed E-state index contributed by atoms with van der Waals surface area (Å²) >= 11 is 0. The van der Waals surface area contributed by atoms with Crippen LogP contribution in [-0.4, -0.2) is 43.5 Å². The van der Waals surface area contributed by atoms with E-state index in [-0.39, 0.29) is 0 Å². The lowest BCUT2D eigenvalue weighted by atomic mass is 9.94. The van der Waals surface area contributed by atoms with Crippen molar-refractivity contribution in [2.24, 2.45) is 10.9 Å². The monoisotopic (exact) mass is 209 g/mol. The van der Waals surface area contributed by atoms with Crippen LogP contribution in [-0.2, 0) is 0 Å². The first-order chi connectivity index (χ1) is 7.25. The first-order valence-electron chi connectivity index (χ1n) is 6.24. The van der Waals surface area contributed by atoms with E-state index in [1.807, 2.05) is 0 Å². The normalized spacial score (nSPS) is 33.6. The highest BCUT2D eigenvalue weighted by molar-refractivity contribution is 5.82. The fourth-order valence-electron chi connectivity index (χ4n) is 2.60. The number of nitrogens with zero attached hydrogens (tertiary/aromatic N) is 2. The molecule has 2 heterocycles. The van der Waals surface area contributed by atoms with Crippen LogP contribution in [0.1, 0.15) is 32.6 Å². The summed E-state index contributed by atoms with van der Waals surface area (Å²) in [6, 6.07) is 0.651. The number of hydrogen-bond donors (Lipinski definition) is 1. The van der Waals surface area contributed by atoms with Crippen LogP contribution in [0.3, 0.4) is 0 Å². The molecule has 0 amide bonds. The number of piperidine rings is 1. The molecule has 86 valence electrons. The van der Waals surface area contributed by atoms with Gasteiger partial charge in [-0.3, -0.25) is 4.99 Å². The van der Waals surface area contributed by atoms with Gasteiger partial charge in [0, 0.05) is 25.6 Å². The summed E-state index contributed by atoms with van der Waals surface area (Å²) in [6.45, 7) is 5.81. The molecular weight excluding hydrogens is 186 g/mol. The van der Waals surface area contributed by atoms with Gasteiger partial charge in [0.05, 0.1) is 5.84 Å². The Morgan fingerprint density at radius 1 is 1.40 bits per heavy atom. The molecule has 0 aromatic carbocycles. The maximum absolute atomic E-state index is 4.57. The van der Waals surface area contributed by atoms with E-state index < -0.39 is 0 Å². The van der Waals surface area contributed by atoms with Crippen LogP contribution < -0.4 is 5.32 Å². The highest BCUT2D eigenvalue weighted by Crippen LogP contribution is 2.16. The summed E-state index contributed by atoms with van der Waals surface area (Å²) in [4.78, 5) is 6.99. The number of hydrogen-bond acceptors (Lipinski definition) is 3. The average molecular weight is 209 g/mol. The molecule has 15 heavy (non-hydrogen) atoms. The predicted molar refractivity (Wildman–Crippen MR) is 64.4 cm³/mol. The third-order valence-corrected chi connectivity index (χ3v) is 3.58. The lowest BCUT2D eigenvalue weighted by Crippen LogP contribution is -2.49. The Hall–Kier alpha value is -0.570. The van der Waals surface area contributed by atoms with Crippen molar-refractivity contribution >= 4 is 5.84 Å². The zero-order valence-corrected chi connectivity index (χ0v) is 10.00. The van der Waals surface area contributed by atoms with Crippen molar-refractivity contribution in [3.05, 3.63) is 0 Å². The molecule has 2 atom stereocenters. The predicted octanol–water partition coefficient (Wildman–Crippen LogP) is 1.50. The van der Waals surface area contributed by atoms with Crippen molar-refractivity contribution in [2.45, 2.75) is 38.6 Å². The first-order valence-corrected chi connectivity index (χ1v) is 6.24. The molecule has 0 aromatic rings. The molecule has 1 saturated heterocycles. The van der Waals surface area contributed by atoms with Crippen LogP contribution in [0.25, 0.3) is 0 Å². The van der Waals surface area contributed by atoms with E-state index in [1.54, 1.807) is 0 Å². The van der Waals surface area contributed by atoms with E-state index in [1.165, 1.54) is 44.6 Å². The van der Waals surface area contributed by atoms with Crippen LogP contribution >= 0.6 is 0 Å². The molecule has 2 aliphatic heterocycles. The van der Waals surface area contributed by atoms with Gasteiger partial charge >= 0.3 is 0 Å². The second-order valence-electron chi connectivity index (χ2n) is 5.06. The molecule has 3 heteroatoms. The van der Waals surface area contributed by atoms with Gasteiger partial charge in [-0.2, -0.15) is 0 Å². The second-order valence-corrected chi connectivity index (χ2v) is 5.06. The molecular formula is C12H23N3. The van der Waals surface area contributed by atoms with Crippen LogP contribution in [0.4, 0.5) is 0 Å². The summed E-state index contributed by atoms with van der Waals surface area (Å²) in [6.07, 6.45) is 5.01. The molecule has 2 unspecified atom stereocenters. The fourth-order valence-corrected chi connectivity index (χ4v) is 2.60. The number of amidine groups is 1. The van der Waals surface area contributed by atoms with Crippen LogP contribution in [0.5, 0.6) is 0 Å². The van der Waals surface area contributed by atoms with E-state index in [9.17, 15) is 0 Å². The summed E-state index contributed by atoms with van der Waals surface area (Å²) in [5.74, 6) is 2.01. The summed E-state index contributed by atoms with van der Waals surface area (Å²) in [7, 11) is 2.21. The molecule has 2 rings (SSSR count). The number of nitrogens with one attached hydrogen (secondary N) is 1. The highest BCUT2D eigenvalue weighted by Gasteiger charge is 2.24. The van der Waals surface area contributed by atoms with Gasteiger partial charge in [0.25, 0.3) is 0 Å². The smallest absolute Gasteiger partial charge is 0.0965 e. The fraction of sp³-hybridized carbons (Fsp3) is 0.917. The van der Waals surface area contributed by atoms with Gasteiger partial charge in [0.1, 0.15) is 0 Å². The quantitative estimate of drug-likeness (QED) is 0.708. The average Bonchev–Trinajstić information content (AvgIpc) is 2.24. The van der Waals surface area contributed by atoms with E-state index in [4.69, 9.17) is 0 Å². The highest BCUT2D eigenvalue weighted by atomic mass is 15.1. The Morgan fingerprint density at radius 3 is 2.93 bits per heavy atom. The molecule has 0 aromatic heterocycles. The SMILES string of the molecule is CC1CN(C)CCC1NC1=NCCCC1. The standard InChI is InChI=1S/C12H23N3/c1-10-9-15(2)8-6-11(10)14-12-5-3-4-7-13-12/h10-11H,3-9H2,1-2H3,(H,13,14). The van der Waals surface area contributed by atoms with Crippen molar-refractivity contribution in [2.75, 3.05) is 26.7 Å². The largest absolute Gasteiger partial charge is 0.371 e. The van der Waals surface area contributed by atoms with Crippen LogP contribution in [0.2, 0.25) is 0 Å². The molecule has 0 aliphatic carbocycles. The van der Waals surface area contributed by atoms with Crippen molar-refractivity contribution in [3.8, 4) is 0 Å². The Morgan fingerprint density at radius 2 is 2.27 bits per heavy atom. The van der Waals surface area contributed by atoms with E-state index in [0.29, 0.717) is 6.04 Å². The number of aliphatic imine (C=N–C) groups is 1. The van der Waals surface area contributed by atoms with Gasteiger partial charge in [-0.15, -0.1) is 0 Å². The van der Waals surface area contributed by atoms with E-state index >= 15 is 0 Å². The summed E-state index contributed by atoms with van der Waals surface area (Å²) in [5.41, 5.74) is 0. The van der Waals surface area contributed by atoms with Crippen molar-refractivity contribution in [1.82, 2.24) is 10.2 Å². The Kier molecular flexibility index (Phi) is 3.62. The van der Waals surface area contributed by atoms with Crippen molar-refractivity contribution in [3.63, 3.8) is 0 Å². The maximum atomic E-state index is 4.57. The summed E-state index contributed by atoms with van der Waals surface area (Å²) in [5, 5.41) is 3.65. The van der Waals surface area contributed by atoms with Gasteiger partial charge in [-0.05, 0) is 38.8 Å². The first kappa shape index (κ1) is 10.9. The minimum Gasteiger partial charge on any atom is -0.371 e. The van der Waals surface area contributed by atoms with Gasteiger partial charge in [-0.1, -0.05) is 6.92 Å². The van der Waals surface area contributed by atoms with Gasteiger partial charge < -0.3 is 10.2 Å². The maximum Gasteiger partial charge on any atom is 0.0965 e. The van der Waals surface area contributed by atoms with Crippen LogP contribution in [0.15, 0.2) is 4.99 Å². The lowest BCUT2D eigenvalue weighted by Gasteiger charge is -2.36. The third-order valence-electron chi connectivity index (χ3n) is 3.58. The zero-order valence-electron chi connectivity index (χ0n) is 10.00. The third kappa shape index (κ3) is 2.94. The van der Waals surface area contributed by atoms with Gasteiger partial charge in [0.15, 0.2) is 0 Å². The van der Waals surface area contributed by atoms with Crippen LogP contribution in [0, 0.1) is 5.92 Å². The Balaban J connectivity index is 1.85. The minimum atomic E-state index is 0.651. The molecule has 2 aliphatic rings. The molecule has 0 saturated carbocycles. The van der Waals surface area contributed by atoms with Crippen molar-refractivity contribution < 1.29 is 0 Å². The molecule has 0 radical (unpaired) electrons. The Bertz CT molecular complexity index is 237. The van der Waals surface area contributed by atoms with Gasteiger partial charge in [0.2, 0.25) is 0 Å². The molecule has 0 bridgehead atoms. The molecule has 3 nitrogen and oxygen atoms in total. The topological polar surface area (TPSA) is 27.6 Å². The molecule has 1 fully saturated rings. The minimum absolute atomic E-state index is 0.651. The Labute approximate surface area is 92.9 Å². The second kappa shape index (κ2) is 4.97. The van der Waals surface area contributed by atoms with E-state index in [2.05, 4.69) is 29.2 Å². The number of likely N-dealkylation sites (tertiary alicyclic amines) is 1. The zero-order chi connectivity index (χ0) is 10.7. The van der Waals surface area contributed by atoms with E-state index in [0.717, 1.165) is 12.5 Å². The summed E-state index contributed by atoms with van der Waals surface area (Å²) < 4.78 is 0. The number of rotatable bonds is 1. The lowest BCUT2D eigenvalue weighted by molar-refractivity contribution is 0.186.